The van der Waals surface area contributed by atoms with Crippen LogP contribution in [0.25, 0.3) is 0 Å². The van der Waals surface area contributed by atoms with Crippen LogP contribution in [-0.4, -0.2) is 6.54 Å². The van der Waals surface area contributed by atoms with E-state index in [1.807, 2.05) is 6.07 Å². The van der Waals surface area contributed by atoms with Gasteiger partial charge in [-0.25, -0.2) is 0 Å². The number of hydrogen-bond donors (Lipinski definition) is 1. The molecule has 1 unspecified atom stereocenters. The van der Waals surface area contributed by atoms with Crippen molar-refractivity contribution < 1.29 is 0 Å². The molecule has 1 N–H and O–H groups in total. The van der Waals surface area contributed by atoms with Gasteiger partial charge in [-0.3, -0.25) is 0 Å². The highest BCUT2D eigenvalue weighted by atomic mass is 35.5. The van der Waals surface area contributed by atoms with Crippen molar-refractivity contribution in [3.8, 4) is 0 Å². The van der Waals surface area contributed by atoms with Crippen molar-refractivity contribution >= 4 is 11.6 Å². The first-order chi connectivity index (χ1) is 9.13. The summed E-state index contributed by atoms with van der Waals surface area (Å²) in [5, 5.41) is 4.35. The van der Waals surface area contributed by atoms with Crippen LogP contribution in [0.1, 0.15) is 35.2 Å². The zero-order valence-electron chi connectivity index (χ0n) is 11.7. The third kappa shape index (κ3) is 3.17. The molecule has 0 aliphatic rings. The monoisotopic (exact) mass is 273 g/mol. The van der Waals surface area contributed by atoms with Crippen molar-refractivity contribution in [2.45, 2.75) is 26.8 Å². The van der Waals surface area contributed by atoms with Gasteiger partial charge in [0, 0.05) is 5.02 Å². The lowest BCUT2D eigenvalue weighted by molar-refractivity contribution is 0.630. The van der Waals surface area contributed by atoms with Crippen LogP contribution in [0, 0.1) is 13.8 Å². The topological polar surface area (TPSA) is 12.0 Å². The molecule has 0 heterocycles. The zero-order valence-corrected chi connectivity index (χ0v) is 12.5. The van der Waals surface area contributed by atoms with Gasteiger partial charge in [0.2, 0.25) is 0 Å². The molecule has 100 valence electrons. The summed E-state index contributed by atoms with van der Waals surface area (Å²) < 4.78 is 0. The molecule has 0 radical (unpaired) electrons. The Bertz CT molecular complexity index is 549. The molecule has 2 aromatic carbocycles. The number of rotatable bonds is 4. The smallest absolute Gasteiger partial charge is 0.0591 e. The molecule has 19 heavy (non-hydrogen) atoms. The van der Waals surface area contributed by atoms with Crippen molar-refractivity contribution in [1.82, 2.24) is 5.32 Å². The summed E-state index contributed by atoms with van der Waals surface area (Å²) >= 11 is 6.44. The Hall–Kier alpha value is -1.31. The molecule has 2 aromatic rings. The SMILES string of the molecule is CCNC(c1ccccc1)c1cc(C)c(C)cc1Cl. The molecular formula is C17H20ClN. The van der Waals surface area contributed by atoms with Crippen molar-refractivity contribution in [3.05, 3.63) is 69.7 Å². The van der Waals surface area contributed by atoms with Gasteiger partial charge in [-0.2, -0.15) is 0 Å². The fraction of sp³-hybridized carbons (Fsp3) is 0.294. The van der Waals surface area contributed by atoms with E-state index >= 15 is 0 Å². The van der Waals surface area contributed by atoms with Crippen molar-refractivity contribution in [1.29, 1.82) is 0 Å². The number of aryl methyl sites for hydroxylation is 2. The molecule has 0 saturated heterocycles. The van der Waals surface area contributed by atoms with E-state index in [2.05, 4.69) is 62.5 Å². The predicted molar refractivity (Wildman–Crippen MR) is 82.9 cm³/mol. The molecule has 1 atom stereocenters. The summed E-state index contributed by atoms with van der Waals surface area (Å²) in [6, 6.07) is 14.8. The highest BCUT2D eigenvalue weighted by Crippen LogP contribution is 2.30. The van der Waals surface area contributed by atoms with Crippen LogP contribution in [-0.2, 0) is 0 Å². The van der Waals surface area contributed by atoms with Crippen LogP contribution in [0.15, 0.2) is 42.5 Å². The molecule has 0 spiro atoms. The van der Waals surface area contributed by atoms with E-state index < -0.39 is 0 Å². The molecule has 0 saturated carbocycles. The zero-order chi connectivity index (χ0) is 13.8. The Morgan fingerprint density at radius 2 is 1.68 bits per heavy atom. The highest BCUT2D eigenvalue weighted by Gasteiger charge is 2.16. The summed E-state index contributed by atoms with van der Waals surface area (Å²) in [5.74, 6) is 0. The fourth-order valence-electron chi connectivity index (χ4n) is 2.28. The van der Waals surface area contributed by atoms with Crippen molar-refractivity contribution in [2.24, 2.45) is 0 Å². The number of hydrogen-bond acceptors (Lipinski definition) is 1. The third-order valence-electron chi connectivity index (χ3n) is 3.47. The third-order valence-corrected chi connectivity index (χ3v) is 3.79. The van der Waals surface area contributed by atoms with E-state index in [0.717, 1.165) is 17.1 Å². The average molecular weight is 274 g/mol. The van der Waals surface area contributed by atoms with Crippen LogP contribution in [0.5, 0.6) is 0 Å². The maximum Gasteiger partial charge on any atom is 0.0591 e. The van der Waals surface area contributed by atoms with Gasteiger partial charge in [-0.15, -0.1) is 0 Å². The van der Waals surface area contributed by atoms with E-state index in [1.54, 1.807) is 0 Å². The van der Waals surface area contributed by atoms with Gasteiger partial charge in [-0.05, 0) is 48.7 Å². The van der Waals surface area contributed by atoms with Gasteiger partial charge in [0.25, 0.3) is 0 Å². The quantitative estimate of drug-likeness (QED) is 0.855. The molecular weight excluding hydrogens is 254 g/mol. The van der Waals surface area contributed by atoms with Gasteiger partial charge in [-0.1, -0.05) is 54.9 Å². The van der Waals surface area contributed by atoms with Crippen LogP contribution >= 0.6 is 11.6 Å². The van der Waals surface area contributed by atoms with E-state index in [4.69, 9.17) is 11.6 Å². The van der Waals surface area contributed by atoms with E-state index in [-0.39, 0.29) is 6.04 Å². The first-order valence-corrected chi connectivity index (χ1v) is 7.06. The second kappa shape index (κ2) is 6.23. The van der Waals surface area contributed by atoms with Crippen molar-refractivity contribution in [3.63, 3.8) is 0 Å². The molecule has 2 rings (SSSR count). The predicted octanol–water partition coefficient (Wildman–Crippen LogP) is 4.66. The van der Waals surface area contributed by atoms with Crippen LogP contribution in [0.4, 0.5) is 0 Å². The van der Waals surface area contributed by atoms with Gasteiger partial charge in [0.1, 0.15) is 0 Å². The van der Waals surface area contributed by atoms with Crippen LogP contribution < -0.4 is 5.32 Å². The Morgan fingerprint density at radius 3 is 2.32 bits per heavy atom. The Balaban J connectivity index is 2.48. The molecule has 0 aromatic heterocycles. The number of halogens is 1. The second-order valence-electron chi connectivity index (χ2n) is 4.86. The molecule has 0 aliphatic heterocycles. The lowest BCUT2D eigenvalue weighted by atomic mass is 9.95. The first-order valence-electron chi connectivity index (χ1n) is 6.68. The van der Waals surface area contributed by atoms with Gasteiger partial charge >= 0.3 is 0 Å². The van der Waals surface area contributed by atoms with Gasteiger partial charge < -0.3 is 5.32 Å². The minimum Gasteiger partial charge on any atom is -0.306 e. The Kier molecular flexibility index (Phi) is 4.62. The summed E-state index contributed by atoms with van der Waals surface area (Å²) in [4.78, 5) is 0. The molecule has 0 bridgehead atoms. The largest absolute Gasteiger partial charge is 0.306 e. The normalized spacial score (nSPS) is 12.4. The minimum absolute atomic E-state index is 0.151. The Morgan fingerprint density at radius 1 is 1.05 bits per heavy atom. The van der Waals surface area contributed by atoms with E-state index in [0.29, 0.717) is 0 Å². The number of benzene rings is 2. The highest BCUT2D eigenvalue weighted by molar-refractivity contribution is 6.31. The van der Waals surface area contributed by atoms with Crippen LogP contribution in [0.3, 0.4) is 0 Å². The summed E-state index contributed by atoms with van der Waals surface area (Å²) in [6.07, 6.45) is 0. The Labute approximate surface area is 120 Å². The van der Waals surface area contributed by atoms with Gasteiger partial charge in [0.15, 0.2) is 0 Å². The molecule has 0 aliphatic carbocycles. The van der Waals surface area contributed by atoms with Crippen molar-refractivity contribution in [2.75, 3.05) is 6.54 Å². The maximum absolute atomic E-state index is 6.44. The average Bonchev–Trinajstić information content (AvgIpc) is 2.42. The summed E-state index contributed by atoms with van der Waals surface area (Å²) in [5.41, 5.74) is 4.91. The minimum atomic E-state index is 0.151. The second-order valence-corrected chi connectivity index (χ2v) is 5.27. The lowest BCUT2D eigenvalue weighted by Gasteiger charge is -2.21. The fourth-order valence-corrected chi connectivity index (χ4v) is 2.61. The standard InChI is InChI=1S/C17H20ClN/c1-4-19-17(14-8-6-5-7-9-14)15-10-12(2)13(3)11-16(15)18/h5-11,17,19H,4H2,1-3H3. The summed E-state index contributed by atoms with van der Waals surface area (Å²) in [7, 11) is 0. The van der Waals surface area contributed by atoms with E-state index in [1.165, 1.54) is 16.7 Å². The molecule has 0 fully saturated rings. The van der Waals surface area contributed by atoms with E-state index in [9.17, 15) is 0 Å². The first kappa shape index (κ1) is 14.1. The number of nitrogens with one attached hydrogen (secondary N) is 1. The molecule has 1 nitrogen and oxygen atoms in total. The molecule has 0 amide bonds. The lowest BCUT2D eigenvalue weighted by Crippen LogP contribution is -2.22. The summed E-state index contributed by atoms with van der Waals surface area (Å²) in [6.45, 7) is 7.24. The van der Waals surface area contributed by atoms with Gasteiger partial charge in [0.05, 0.1) is 6.04 Å². The van der Waals surface area contributed by atoms with Crippen LogP contribution in [0.2, 0.25) is 5.02 Å². The maximum atomic E-state index is 6.44. The molecule has 2 heteroatoms.